The minimum atomic E-state index is -5.39. The van der Waals surface area contributed by atoms with Crippen LogP contribution in [0, 0.1) is 67.3 Å². The van der Waals surface area contributed by atoms with E-state index >= 15 is 0 Å². The maximum atomic E-state index is 13.5. The van der Waals surface area contributed by atoms with E-state index in [1.54, 1.807) is 71.6 Å². The van der Waals surface area contributed by atoms with Crippen LogP contribution >= 0.6 is 0 Å². The van der Waals surface area contributed by atoms with E-state index in [0.717, 1.165) is 4.57 Å². The van der Waals surface area contributed by atoms with Crippen molar-refractivity contribution in [2.45, 2.75) is 6.18 Å². The third kappa shape index (κ3) is 6.73. The normalized spacial score (nSPS) is 10.3. The Morgan fingerprint density at radius 2 is 1.43 bits per heavy atom. The molecule has 0 amide bonds. The molecule has 0 aliphatic heterocycles. The Morgan fingerprint density at radius 1 is 0.886 bits per heavy atom. The molecule has 1 heterocycles. The summed E-state index contributed by atoms with van der Waals surface area (Å²) in [6, 6.07) is 27.4. The van der Waals surface area contributed by atoms with Gasteiger partial charge < -0.3 is 21.0 Å². The Balaban J connectivity index is 0.00000225. The van der Waals surface area contributed by atoms with Crippen LogP contribution in [0.5, 0.6) is 5.75 Å². The molecule has 0 unspecified atom stereocenters. The predicted octanol–water partition coefficient (Wildman–Crippen LogP) is 5.68. The molecule has 9 nitrogen and oxygen atoms in total. The van der Waals surface area contributed by atoms with Crippen molar-refractivity contribution in [3.63, 3.8) is 0 Å². The molecule has 4 aromatic carbocycles. The van der Waals surface area contributed by atoms with E-state index in [1.807, 2.05) is 6.07 Å². The van der Waals surface area contributed by atoms with Gasteiger partial charge in [-0.25, -0.2) is 4.85 Å². The molecule has 0 aliphatic carbocycles. The fourth-order valence-electron chi connectivity index (χ4n) is 4.49. The fraction of sp³-hybridized carbons (Fsp3) is 0.0323. The molecule has 0 spiro atoms. The van der Waals surface area contributed by atoms with Crippen molar-refractivity contribution in [1.29, 1.82) is 5.26 Å². The number of anilines is 3. The van der Waals surface area contributed by atoms with Gasteiger partial charge in [-0.2, -0.15) is 18.4 Å². The van der Waals surface area contributed by atoms with E-state index in [1.165, 1.54) is 30.3 Å². The summed E-state index contributed by atoms with van der Waals surface area (Å²) in [5.74, 6) is -3.52. The van der Waals surface area contributed by atoms with Crippen LogP contribution in [-0.4, -0.2) is 32.6 Å². The van der Waals surface area contributed by atoms with Gasteiger partial charge in [-0.15, -0.1) is 0 Å². The first-order valence-corrected chi connectivity index (χ1v) is 12.0. The molecule has 13 heteroatoms. The number of halogens is 3. The second-order valence-electron chi connectivity index (χ2n) is 8.85. The number of hydrogen-bond donors (Lipinski definition) is 1. The smallest absolute Gasteiger partial charge is 0.455 e. The van der Waals surface area contributed by atoms with Crippen molar-refractivity contribution in [2.24, 2.45) is 0 Å². The molecule has 0 fully saturated rings. The Labute approximate surface area is 289 Å². The van der Waals surface area contributed by atoms with Gasteiger partial charge >= 0.3 is 6.18 Å². The van der Waals surface area contributed by atoms with Crippen LogP contribution in [0.1, 0.15) is 15.9 Å². The van der Waals surface area contributed by atoms with Crippen molar-refractivity contribution in [1.82, 2.24) is 4.57 Å². The molecule has 0 atom stereocenters. The average molecular weight is 738 g/mol. The molecular weight excluding hydrogens is 717 g/mol. The third-order valence-corrected chi connectivity index (χ3v) is 6.38. The van der Waals surface area contributed by atoms with Crippen LogP contribution in [0.15, 0.2) is 102 Å². The largest absolute Gasteiger partial charge is 0.506 e. The molecule has 5 N–H and O–H groups in total. The summed E-state index contributed by atoms with van der Waals surface area (Å²) in [7, 11) is 0. The number of ketones is 1. The summed E-state index contributed by atoms with van der Waals surface area (Å²) >= 11 is 0. The van der Waals surface area contributed by atoms with Gasteiger partial charge in [0.2, 0.25) is 0 Å². The van der Waals surface area contributed by atoms with Crippen molar-refractivity contribution >= 4 is 39.4 Å². The molecule has 0 saturated heterocycles. The summed E-state index contributed by atoms with van der Waals surface area (Å²) < 4.78 is 41.2. The van der Waals surface area contributed by atoms with Gasteiger partial charge in [-0.3, -0.25) is 14.2 Å². The van der Waals surface area contributed by atoms with E-state index in [0.29, 0.717) is 28.3 Å². The van der Waals surface area contributed by atoms with Gasteiger partial charge in [0.05, 0.1) is 23.7 Å². The number of para-hydroxylation sites is 1. The number of benzene rings is 4. The van der Waals surface area contributed by atoms with E-state index in [4.69, 9.17) is 6.57 Å². The summed E-state index contributed by atoms with van der Waals surface area (Å²) in [6.45, 7) is 7.25. The van der Waals surface area contributed by atoms with Crippen molar-refractivity contribution in [3.8, 4) is 17.5 Å². The number of pyridine rings is 1. The number of Topliss-reactive ketones (excluding diaryl/α,β-unsaturated/α-hetero) is 1. The minimum Gasteiger partial charge on any atom is -0.506 e. The second kappa shape index (κ2) is 14.4. The standard InChI is InChI=1S/C31H17F3N4O3.Eu.2H2O/c1-36-20-9-13-23(14-10-20)37(22-11-7-19(18-35)8-12-22)24-15-16-25-26(17-24)38(21-5-3-2-4-6-21)30(41)27(28(25)39)29(40)31(32,33)34;;;/h2-17,39H;;2*1H2. The van der Waals surface area contributed by atoms with Crippen LogP contribution < -0.4 is 10.5 Å². The zero-order chi connectivity index (χ0) is 29.3. The second-order valence-corrected chi connectivity index (χ2v) is 8.85. The number of hydrogen-bond acceptors (Lipinski definition) is 5. The van der Waals surface area contributed by atoms with Crippen molar-refractivity contribution < 1.29 is 83.4 Å². The molecule has 1 aromatic heterocycles. The number of carbonyl (C=O) groups excluding carboxylic acids is 1. The van der Waals surface area contributed by atoms with Crippen molar-refractivity contribution in [3.05, 3.63) is 130 Å². The zero-order valence-corrected chi connectivity index (χ0v) is 24.7. The van der Waals surface area contributed by atoms with Crippen molar-refractivity contribution in [2.75, 3.05) is 4.90 Å². The predicted molar refractivity (Wildman–Crippen MR) is 154 cm³/mol. The monoisotopic (exact) mass is 739 g/mol. The first-order valence-electron chi connectivity index (χ1n) is 12.0. The molecule has 1 radical (unpaired) electrons. The molecule has 223 valence electrons. The van der Waals surface area contributed by atoms with Crippen LogP contribution in [-0.2, 0) is 0 Å². The molecule has 5 rings (SSSR count). The van der Waals surface area contributed by atoms with Gasteiger partial charge in [-0.05, 0) is 66.7 Å². The molecule has 5 aromatic rings. The van der Waals surface area contributed by atoms with Gasteiger partial charge in [0, 0.05) is 77.5 Å². The number of nitrogens with zero attached hydrogens (tertiary/aromatic N) is 4. The number of aromatic nitrogens is 1. The van der Waals surface area contributed by atoms with Crippen LogP contribution in [0.2, 0.25) is 0 Å². The zero-order valence-electron chi connectivity index (χ0n) is 22.3. The number of carbonyl (C=O) groups is 1. The maximum Gasteiger partial charge on any atom is 0.455 e. The summed E-state index contributed by atoms with van der Waals surface area (Å²) in [4.78, 5) is 30.9. The van der Waals surface area contributed by atoms with Gasteiger partial charge in [0.25, 0.3) is 11.3 Å². The summed E-state index contributed by atoms with van der Waals surface area (Å²) in [5, 5.41) is 19.9. The van der Waals surface area contributed by atoms with E-state index in [2.05, 4.69) is 4.85 Å². The molecule has 0 saturated carbocycles. The van der Waals surface area contributed by atoms with Crippen LogP contribution in [0.4, 0.5) is 35.9 Å². The van der Waals surface area contributed by atoms with E-state index in [9.17, 15) is 33.1 Å². The van der Waals surface area contributed by atoms with Gasteiger partial charge in [-0.1, -0.05) is 30.3 Å². The number of aromatic hydroxyl groups is 1. The minimum absolute atomic E-state index is 0. The van der Waals surface area contributed by atoms with Gasteiger partial charge in [0.15, 0.2) is 5.69 Å². The van der Waals surface area contributed by atoms with Gasteiger partial charge in [0.1, 0.15) is 11.3 Å². The quantitative estimate of drug-likeness (QED) is 0.182. The molecule has 0 bridgehead atoms. The number of nitriles is 1. The molecule has 0 aliphatic rings. The van der Waals surface area contributed by atoms with E-state index < -0.39 is 28.8 Å². The fourth-order valence-corrected chi connectivity index (χ4v) is 4.49. The average Bonchev–Trinajstić information content (AvgIpc) is 2.98. The summed E-state index contributed by atoms with van der Waals surface area (Å²) in [5.41, 5.74) is -0.0160. The first-order chi connectivity index (χ1) is 19.6. The molecule has 44 heavy (non-hydrogen) atoms. The Kier molecular flexibility index (Phi) is 11.7. The van der Waals surface area contributed by atoms with Crippen LogP contribution in [0.3, 0.4) is 0 Å². The third-order valence-electron chi connectivity index (χ3n) is 6.38. The summed E-state index contributed by atoms with van der Waals surface area (Å²) in [6.07, 6.45) is -5.39. The maximum absolute atomic E-state index is 13.5. The topological polar surface area (TPSA) is 154 Å². The number of fused-ring (bicyclic) bond motifs is 1. The number of rotatable bonds is 5. The Bertz CT molecular complexity index is 1890. The Hall–Kier alpha value is -4.37. The first kappa shape index (κ1) is 35.8. The van der Waals surface area contributed by atoms with Crippen LogP contribution in [0.25, 0.3) is 21.4 Å². The number of alkyl halides is 3. The van der Waals surface area contributed by atoms with E-state index in [-0.39, 0.29) is 76.9 Å². The SMILES string of the molecule is O.O.[C-]#[N+]c1ccc(N(c2ccc(C#N)cc2)c2ccc3c(O)c(C(=O)C(F)(F)F)c(=O)n(-c4ccccc4)c3c2)cc1.[Eu]. The Morgan fingerprint density at radius 3 is 1.95 bits per heavy atom. The molecular formula is C31H21EuF3N4O5.